The predicted molar refractivity (Wildman–Crippen MR) is 50.0 cm³/mol. The summed E-state index contributed by atoms with van der Waals surface area (Å²) in [7, 11) is 1.49. The molecule has 0 aliphatic carbocycles. The second kappa shape index (κ2) is 3.77. The SMILES string of the molecule is CONCc1c(F)ccc2ccoc12. The van der Waals surface area contributed by atoms with Gasteiger partial charge >= 0.3 is 0 Å². The third-order valence-corrected chi connectivity index (χ3v) is 2.06. The second-order valence-electron chi connectivity index (χ2n) is 2.89. The highest BCUT2D eigenvalue weighted by atomic mass is 19.1. The van der Waals surface area contributed by atoms with Crippen molar-refractivity contribution in [3.05, 3.63) is 35.8 Å². The van der Waals surface area contributed by atoms with Crippen LogP contribution in [0, 0.1) is 5.82 Å². The van der Waals surface area contributed by atoms with Crippen molar-refractivity contribution in [2.75, 3.05) is 7.11 Å². The smallest absolute Gasteiger partial charge is 0.141 e. The molecule has 0 bridgehead atoms. The molecular formula is C10H10FNO2. The summed E-state index contributed by atoms with van der Waals surface area (Å²) in [5.74, 6) is -0.294. The lowest BCUT2D eigenvalue weighted by Crippen LogP contribution is -2.12. The van der Waals surface area contributed by atoms with E-state index in [2.05, 4.69) is 10.3 Å². The fourth-order valence-electron chi connectivity index (χ4n) is 1.38. The van der Waals surface area contributed by atoms with E-state index in [0.717, 1.165) is 5.39 Å². The molecule has 0 atom stereocenters. The predicted octanol–water partition coefficient (Wildman–Crippen LogP) is 2.22. The van der Waals surface area contributed by atoms with E-state index in [9.17, 15) is 4.39 Å². The molecule has 4 heteroatoms. The zero-order chi connectivity index (χ0) is 9.97. The van der Waals surface area contributed by atoms with Gasteiger partial charge in [0.1, 0.15) is 11.4 Å². The maximum atomic E-state index is 13.4. The van der Waals surface area contributed by atoms with Gasteiger partial charge in [0.05, 0.1) is 19.9 Å². The molecule has 0 radical (unpaired) electrons. The van der Waals surface area contributed by atoms with Crippen molar-refractivity contribution < 1.29 is 13.6 Å². The molecule has 0 aliphatic rings. The van der Waals surface area contributed by atoms with Crippen LogP contribution in [0.15, 0.2) is 28.9 Å². The summed E-state index contributed by atoms with van der Waals surface area (Å²) in [6.45, 7) is 0.285. The Morgan fingerprint density at radius 3 is 3.07 bits per heavy atom. The number of benzene rings is 1. The number of halogens is 1. The lowest BCUT2D eigenvalue weighted by Gasteiger charge is -2.04. The van der Waals surface area contributed by atoms with Crippen LogP contribution in [-0.4, -0.2) is 7.11 Å². The summed E-state index contributed by atoms with van der Waals surface area (Å²) < 4.78 is 18.6. The molecule has 2 rings (SSSR count). The lowest BCUT2D eigenvalue weighted by molar-refractivity contribution is 0.0860. The Hall–Kier alpha value is -1.39. The number of hydrogen-bond donors (Lipinski definition) is 1. The molecule has 1 N–H and O–H groups in total. The Morgan fingerprint density at radius 1 is 1.43 bits per heavy atom. The van der Waals surface area contributed by atoms with E-state index in [1.165, 1.54) is 13.2 Å². The molecule has 1 aromatic heterocycles. The van der Waals surface area contributed by atoms with Crippen molar-refractivity contribution in [3.8, 4) is 0 Å². The van der Waals surface area contributed by atoms with Gasteiger partial charge in [0.25, 0.3) is 0 Å². The van der Waals surface area contributed by atoms with Gasteiger partial charge in [-0.2, -0.15) is 5.48 Å². The first-order valence-electron chi connectivity index (χ1n) is 4.23. The van der Waals surface area contributed by atoms with Gasteiger partial charge in [0, 0.05) is 10.9 Å². The standard InChI is InChI=1S/C10H10FNO2/c1-13-12-6-8-9(11)3-2-7-4-5-14-10(7)8/h2-5,12H,6H2,1H3. The quantitative estimate of drug-likeness (QED) is 0.762. The molecule has 1 aromatic carbocycles. The summed E-state index contributed by atoms with van der Waals surface area (Å²) in [5, 5.41) is 0.888. The van der Waals surface area contributed by atoms with Gasteiger partial charge in [-0.05, 0) is 18.2 Å². The maximum absolute atomic E-state index is 13.4. The third kappa shape index (κ3) is 1.49. The van der Waals surface area contributed by atoms with Crippen molar-refractivity contribution in [3.63, 3.8) is 0 Å². The van der Waals surface area contributed by atoms with Crippen LogP contribution in [0.4, 0.5) is 4.39 Å². The van der Waals surface area contributed by atoms with Crippen LogP contribution < -0.4 is 5.48 Å². The van der Waals surface area contributed by atoms with E-state index < -0.39 is 0 Å². The highest BCUT2D eigenvalue weighted by molar-refractivity contribution is 5.80. The zero-order valence-electron chi connectivity index (χ0n) is 7.71. The molecule has 14 heavy (non-hydrogen) atoms. The Labute approximate surface area is 80.4 Å². The molecule has 74 valence electrons. The van der Waals surface area contributed by atoms with Crippen LogP contribution in [0.1, 0.15) is 5.56 Å². The fraction of sp³-hybridized carbons (Fsp3) is 0.200. The minimum atomic E-state index is -0.294. The fourth-order valence-corrected chi connectivity index (χ4v) is 1.38. The number of hydrogen-bond acceptors (Lipinski definition) is 3. The second-order valence-corrected chi connectivity index (χ2v) is 2.89. The topological polar surface area (TPSA) is 34.4 Å². The number of furan rings is 1. The molecule has 3 nitrogen and oxygen atoms in total. The van der Waals surface area contributed by atoms with Crippen LogP contribution in [-0.2, 0) is 11.4 Å². The maximum Gasteiger partial charge on any atom is 0.141 e. The highest BCUT2D eigenvalue weighted by Crippen LogP contribution is 2.22. The first-order chi connectivity index (χ1) is 6.83. The Bertz CT molecular complexity index is 439. The summed E-state index contributed by atoms with van der Waals surface area (Å²) in [5.41, 5.74) is 3.63. The van der Waals surface area contributed by atoms with Crippen LogP contribution in [0.5, 0.6) is 0 Å². The Morgan fingerprint density at radius 2 is 2.29 bits per heavy atom. The van der Waals surface area contributed by atoms with Gasteiger partial charge in [-0.25, -0.2) is 4.39 Å². The van der Waals surface area contributed by atoms with Gasteiger partial charge in [-0.15, -0.1) is 0 Å². The Balaban J connectivity index is 2.47. The monoisotopic (exact) mass is 195 g/mol. The van der Waals surface area contributed by atoms with E-state index in [1.54, 1.807) is 18.4 Å². The minimum absolute atomic E-state index is 0.285. The summed E-state index contributed by atoms with van der Waals surface area (Å²) >= 11 is 0. The number of rotatable bonds is 3. The van der Waals surface area contributed by atoms with Gasteiger partial charge in [-0.1, -0.05) is 0 Å². The average Bonchev–Trinajstić information content (AvgIpc) is 2.64. The summed E-state index contributed by atoms with van der Waals surface area (Å²) in [6, 6.07) is 4.90. The lowest BCUT2D eigenvalue weighted by atomic mass is 10.1. The third-order valence-electron chi connectivity index (χ3n) is 2.06. The van der Waals surface area contributed by atoms with Crippen molar-refractivity contribution in [1.29, 1.82) is 0 Å². The van der Waals surface area contributed by atoms with Crippen molar-refractivity contribution in [1.82, 2.24) is 5.48 Å². The van der Waals surface area contributed by atoms with Gasteiger partial charge < -0.3 is 9.25 Å². The van der Waals surface area contributed by atoms with E-state index in [-0.39, 0.29) is 12.4 Å². The first-order valence-corrected chi connectivity index (χ1v) is 4.23. The van der Waals surface area contributed by atoms with Crippen molar-refractivity contribution >= 4 is 11.0 Å². The number of hydroxylamine groups is 1. The van der Waals surface area contributed by atoms with E-state index in [1.807, 2.05) is 0 Å². The largest absolute Gasteiger partial charge is 0.464 e. The molecule has 0 fully saturated rings. The van der Waals surface area contributed by atoms with E-state index in [0.29, 0.717) is 11.1 Å². The van der Waals surface area contributed by atoms with Crippen molar-refractivity contribution in [2.45, 2.75) is 6.54 Å². The number of fused-ring (bicyclic) bond motifs is 1. The molecule has 0 saturated heterocycles. The highest BCUT2D eigenvalue weighted by Gasteiger charge is 2.09. The molecule has 0 unspecified atom stereocenters. The Kier molecular flexibility index (Phi) is 2.47. The molecule has 0 aliphatic heterocycles. The van der Waals surface area contributed by atoms with Gasteiger partial charge in [0.2, 0.25) is 0 Å². The molecule has 1 heterocycles. The summed E-state index contributed by atoms with van der Waals surface area (Å²) in [6.07, 6.45) is 1.54. The minimum Gasteiger partial charge on any atom is -0.464 e. The van der Waals surface area contributed by atoms with Crippen LogP contribution in [0.25, 0.3) is 11.0 Å². The van der Waals surface area contributed by atoms with E-state index >= 15 is 0 Å². The zero-order valence-corrected chi connectivity index (χ0v) is 7.71. The number of nitrogens with one attached hydrogen (secondary N) is 1. The molecule has 0 saturated carbocycles. The van der Waals surface area contributed by atoms with Gasteiger partial charge in [0.15, 0.2) is 0 Å². The average molecular weight is 195 g/mol. The molecule has 0 amide bonds. The molecule has 2 aromatic rings. The molecule has 0 spiro atoms. The summed E-state index contributed by atoms with van der Waals surface area (Å²) in [4.78, 5) is 4.67. The normalized spacial score (nSPS) is 11.0. The van der Waals surface area contributed by atoms with Gasteiger partial charge in [-0.3, -0.25) is 0 Å². The van der Waals surface area contributed by atoms with Crippen LogP contribution in [0.2, 0.25) is 0 Å². The van der Waals surface area contributed by atoms with E-state index in [4.69, 9.17) is 4.42 Å². The van der Waals surface area contributed by atoms with Crippen LogP contribution >= 0.6 is 0 Å². The van der Waals surface area contributed by atoms with Crippen LogP contribution in [0.3, 0.4) is 0 Å². The van der Waals surface area contributed by atoms with Crippen molar-refractivity contribution in [2.24, 2.45) is 0 Å². The first kappa shape index (κ1) is 9.18. The molecular weight excluding hydrogens is 185 g/mol.